The van der Waals surface area contributed by atoms with Crippen LogP contribution in [0.15, 0.2) is 85.1 Å². The Bertz CT molecular complexity index is 957. The molecule has 110 valence electrons. The van der Waals surface area contributed by atoms with E-state index in [1.165, 1.54) is 12.1 Å². The molecule has 0 saturated carbocycles. The maximum atomic E-state index is 13.0. The van der Waals surface area contributed by atoms with E-state index in [9.17, 15) is 4.39 Å². The molecule has 23 heavy (non-hydrogen) atoms. The van der Waals surface area contributed by atoms with Gasteiger partial charge < -0.3 is 0 Å². The number of hydrogen-bond donors (Lipinski definition) is 0. The molecule has 0 spiro atoms. The van der Waals surface area contributed by atoms with E-state index in [1.807, 2.05) is 24.4 Å². The Hall–Kier alpha value is -3.00. The van der Waals surface area contributed by atoms with Crippen LogP contribution in [0.25, 0.3) is 33.2 Å². The molecule has 0 N–H and O–H groups in total. The number of rotatable bonds is 2. The van der Waals surface area contributed by atoms with Gasteiger partial charge in [0.15, 0.2) is 0 Å². The van der Waals surface area contributed by atoms with E-state index in [2.05, 4.69) is 41.4 Å². The van der Waals surface area contributed by atoms with Crippen LogP contribution < -0.4 is 0 Å². The molecule has 0 aliphatic heterocycles. The van der Waals surface area contributed by atoms with E-state index < -0.39 is 0 Å². The summed E-state index contributed by atoms with van der Waals surface area (Å²) in [6.45, 7) is 0. The predicted octanol–water partition coefficient (Wildman–Crippen LogP) is 5.71. The smallest absolute Gasteiger partial charge is 0.123 e. The van der Waals surface area contributed by atoms with Crippen LogP contribution in [0.4, 0.5) is 4.39 Å². The molecule has 1 aromatic heterocycles. The number of fused-ring (bicyclic) bond motifs is 1. The fraction of sp³-hybridized carbons (Fsp3) is 0. The first-order valence-corrected chi connectivity index (χ1v) is 7.51. The second-order valence-corrected chi connectivity index (χ2v) is 5.50. The minimum absolute atomic E-state index is 0.215. The van der Waals surface area contributed by atoms with Gasteiger partial charge in [0, 0.05) is 17.1 Å². The first-order valence-electron chi connectivity index (χ1n) is 7.51. The van der Waals surface area contributed by atoms with Crippen molar-refractivity contribution in [2.45, 2.75) is 0 Å². The fourth-order valence-electron chi connectivity index (χ4n) is 2.73. The average molecular weight is 299 g/mol. The van der Waals surface area contributed by atoms with E-state index >= 15 is 0 Å². The largest absolute Gasteiger partial charge is 0.256 e. The van der Waals surface area contributed by atoms with E-state index in [1.54, 1.807) is 12.1 Å². The van der Waals surface area contributed by atoms with Crippen LogP contribution >= 0.6 is 0 Å². The topological polar surface area (TPSA) is 12.9 Å². The highest BCUT2D eigenvalue weighted by molar-refractivity contribution is 5.83. The number of para-hydroxylation sites is 1. The average Bonchev–Trinajstić information content (AvgIpc) is 2.62. The Morgan fingerprint density at radius 3 is 1.87 bits per heavy atom. The Morgan fingerprint density at radius 1 is 0.609 bits per heavy atom. The van der Waals surface area contributed by atoms with Crippen molar-refractivity contribution in [3.05, 3.63) is 90.9 Å². The van der Waals surface area contributed by atoms with Gasteiger partial charge in [0.2, 0.25) is 0 Å². The van der Waals surface area contributed by atoms with Crippen LogP contribution in [0.2, 0.25) is 0 Å². The summed E-state index contributed by atoms with van der Waals surface area (Å²) < 4.78 is 13.0. The number of halogens is 1. The third kappa shape index (κ3) is 2.71. The van der Waals surface area contributed by atoms with Gasteiger partial charge in [0.25, 0.3) is 0 Å². The lowest BCUT2D eigenvalue weighted by Gasteiger charge is -2.06. The molecule has 4 rings (SSSR count). The van der Waals surface area contributed by atoms with Gasteiger partial charge in [-0.1, -0.05) is 54.6 Å². The third-order valence-electron chi connectivity index (χ3n) is 3.99. The van der Waals surface area contributed by atoms with Crippen molar-refractivity contribution < 1.29 is 4.39 Å². The molecule has 0 saturated heterocycles. The molecule has 1 nitrogen and oxygen atoms in total. The summed E-state index contributed by atoms with van der Waals surface area (Å²) in [5.74, 6) is -0.215. The first-order chi connectivity index (χ1) is 11.3. The summed E-state index contributed by atoms with van der Waals surface area (Å²) in [6.07, 6.45) is 1.90. The molecule has 0 aliphatic carbocycles. The highest BCUT2D eigenvalue weighted by atomic mass is 19.1. The van der Waals surface area contributed by atoms with Crippen molar-refractivity contribution in [1.82, 2.24) is 4.98 Å². The van der Waals surface area contributed by atoms with Gasteiger partial charge in [0.1, 0.15) is 5.82 Å². The summed E-state index contributed by atoms with van der Waals surface area (Å²) >= 11 is 0. The summed E-state index contributed by atoms with van der Waals surface area (Å²) in [4.78, 5) is 4.51. The van der Waals surface area contributed by atoms with Gasteiger partial charge in [-0.15, -0.1) is 0 Å². The normalized spacial score (nSPS) is 10.8. The molecule has 0 bridgehead atoms. The predicted molar refractivity (Wildman–Crippen MR) is 92.6 cm³/mol. The van der Waals surface area contributed by atoms with E-state index in [4.69, 9.17) is 0 Å². The van der Waals surface area contributed by atoms with Crippen LogP contribution in [0, 0.1) is 5.82 Å². The zero-order valence-electron chi connectivity index (χ0n) is 12.4. The zero-order chi connectivity index (χ0) is 15.6. The number of aromatic nitrogens is 1. The quantitative estimate of drug-likeness (QED) is 0.462. The van der Waals surface area contributed by atoms with E-state index in [0.29, 0.717) is 0 Å². The van der Waals surface area contributed by atoms with E-state index in [-0.39, 0.29) is 5.82 Å². The van der Waals surface area contributed by atoms with Gasteiger partial charge in [0.05, 0.1) is 5.52 Å². The van der Waals surface area contributed by atoms with Gasteiger partial charge in [-0.25, -0.2) is 4.39 Å². The molecule has 0 radical (unpaired) electrons. The summed E-state index contributed by atoms with van der Waals surface area (Å²) in [5.41, 5.74) is 5.29. The van der Waals surface area contributed by atoms with Crippen LogP contribution in [0.5, 0.6) is 0 Å². The Kier molecular flexibility index (Phi) is 3.35. The van der Waals surface area contributed by atoms with Crippen molar-refractivity contribution in [2.75, 3.05) is 0 Å². The molecule has 4 aromatic rings. The number of hydrogen-bond acceptors (Lipinski definition) is 1. The minimum atomic E-state index is -0.215. The summed E-state index contributed by atoms with van der Waals surface area (Å²) in [5, 5.41) is 1.13. The van der Waals surface area contributed by atoms with Crippen molar-refractivity contribution >= 4 is 10.9 Å². The van der Waals surface area contributed by atoms with Gasteiger partial charge in [-0.2, -0.15) is 0 Å². The number of benzene rings is 3. The Morgan fingerprint density at radius 2 is 1.17 bits per heavy atom. The molecule has 0 fully saturated rings. The number of pyridine rings is 1. The lowest BCUT2D eigenvalue weighted by Crippen LogP contribution is -1.84. The molecular weight excluding hydrogens is 285 g/mol. The highest BCUT2D eigenvalue weighted by Gasteiger charge is 2.02. The van der Waals surface area contributed by atoms with Crippen LogP contribution in [0.3, 0.4) is 0 Å². The lowest BCUT2D eigenvalue weighted by atomic mass is 10.0. The molecule has 2 heteroatoms. The zero-order valence-corrected chi connectivity index (χ0v) is 12.4. The van der Waals surface area contributed by atoms with Crippen molar-refractivity contribution in [2.24, 2.45) is 0 Å². The van der Waals surface area contributed by atoms with E-state index in [0.717, 1.165) is 33.2 Å². The molecule has 0 unspecified atom stereocenters. The van der Waals surface area contributed by atoms with Crippen molar-refractivity contribution in [1.29, 1.82) is 0 Å². The van der Waals surface area contributed by atoms with Gasteiger partial charge in [-0.3, -0.25) is 4.98 Å². The Balaban J connectivity index is 1.70. The second kappa shape index (κ2) is 5.65. The fourth-order valence-corrected chi connectivity index (χ4v) is 2.73. The highest BCUT2D eigenvalue weighted by Crippen LogP contribution is 2.26. The molecule has 0 amide bonds. The number of nitrogens with zero attached hydrogens (tertiary/aromatic N) is 1. The maximum absolute atomic E-state index is 13.0. The standard InChI is InChI=1S/C21H14FN/c22-20-11-9-16(10-12-20)15-5-7-17(8-6-15)19-13-18-3-1-2-4-21(18)23-14-19/h1-14H. The maximum Gasteiger partial charge on any atom is 0.123 e. The van der Waals surface area contributed by atoms with Gasteiger partial charge >= 0.3 is 0 Å². The van der Waals surface area contributed by atoms with Crippen molar-refractivity contribution in [3.8, 4) is 22.3 Å². The lowest BCUT2D eigenvalue weighted by molar-refractivity contribution is 0.628. The molecule has 0 atom stereocenters. The monoisotopic (exact) mass is 299 g/mol. The molecule has 1 heterocycles. The molecular formula is C21H14FN. The van der Waals surface area contributed by atoms with Crippen LogP contribution in [-0.4, -0.2) is 4.98 Å². The van der Waals surface area contributed by atoms with Crippen molar-refractivity contribution in [3.63, 3.8) is 0 Å². The minimum Gasteiger partial charge on any atom is -0.256 e. The first kappa shape index (κ1) is 13.6. The third-order valence-corrected chi connectivity index (χ3v) is 3.99. The van der Waals surface area contributed by atoms with Crippen LogP contribution in [-0.2, 0) is 0 Å². The second-order valence-electron chi connectivity index (χ2n) is 5.50. The molecule has 0 aliphatic rings. The SMILES string of the molecule is Fc1ccc(-c2ccc(-c3cnc4ccccc4c3)cc2)cc1. The molecule has 3 aromatic carbocycles. The van der Waals surface area contributed by atoms with Gasteiger partial charge in [-0.05, 0) is 41.0 Å². The summed E-state index contributed by atoms with van der Waals surface area (Å²) in [6, 6.07) is 25.0. The Labute approximate surface area is 134 Å². The van der Waals surface area contributed by atoms with Crippen LogP contribution in [0.1, 0.15) is 0 Å². The summed E-state index contributed by atoms with van der Waals surface area (Å²) in [7, 11) is 0.